The number of rotatable bonds is 6. The van der Waals surface area contributed by atoms with Crippen LogP contribution in [0.1, 0.15) is 80.5 Å². The molecule has 1 unspecified atom stereocenters. The van der Waals surface area contributed by atoms with Gasteiger partial charge in [-0.25, -0.2) is 0 Å². The van der Waals surface area contributed by atoms with Crippen molar-refractivity contribution in [2.45, 2.75) is 65.8 Å². The van der Waals surface area contributed by atoms with Crippen molar-refractivity contribution < 1.29 is 19.5 Å². The first-order chi connectivity index (χ1) is 14.1. The van der Waals surface area contributed by atoms with Crippen LogP contribution in [-0.2, 0) is 4.79 Å². The van der Waals surface area contributed by atoms with E-state index in [-0.39, 0.29) is 47.8 Å². The van der Waals surface area contributed by atoms with E-state index in [1.807, 2.05) is 27.7 Å². The maximum Gasteiger partial charge on any atom is 0.261 e. The normalized spacial score (nSPS) is 22.5. The van der Waals surface area contributed by atoms with Gasteiger partial charge in [0.1, 0.15) is 5.76 Å². The molecular formula is C24H30N2O4. The first-order valence-electron chi connectivity index (χ1n) is 10.6. The molecule has 6 heteroatoms. The van der Waals surface area contributed by atoms with Crippen LogP contribution in [0.5, 0.6) is 0 Å². The molecule has 1 heterocycles. The summed E-state index contributed by atoms with van der Waals surface area (Å²) in [6.07, 6.45) is 2.46. The van der Waals surface area contributed by atoms with Crippen molar-refractivity contribution >= 4 is 23.3 Å². The fourth-order valence-corrected chi connectivity index (χ4v) is 4.05. The summed E-state index contributed by atoms with van der Waals surface area (Å²) in [4.78, 5) is 43.6. The predicted octanol–water partition coefficient (Wildman–Crippen LogP) is 4.50. The number of ketones is 1. The third-order valence-corrected chi connectivity index (χ3v) is 5.78. The van der Waals surface area contributed by atoms with Crippen LogP contribution in [0.3, 0.4) is 0 Å². The van der Waals surface area contributed by atoms with Crippen LogP contribution in [0.25, 0.3) is 0 Å². The molecule has 2 amide bonds. The fraction of sp³-hybridized carbons (Fsp3) is 0.500. The smallest absolute Gasteiger partial charge is 0.261 e. The summed E-state index contributed by atoms with van der Waals surface area (Å²) in [5.41, 5.74) is 1.64. The number of amides is 2. The molecule has 1 atom stereocenters. The number of imide groups is 1. The molecule has 1 saturated carbocycles. The number of hydrogen-bond donors (Lipinski definition) is 1. The molecule has 1 fully saturated rings. The largest absolute Gasteiger partial charge is 0.511 e. The number of hydrogen-bond acceptors (Lipinski definition) is 5. The van der Waals surface area contributed by atoms with Gasteiger partial charge in [-0.2, -0.15) is 0 Å². The van der Waals surface area contributed by atoms with Gasteiger partial charge in [0.2, 0.25) is 0 Å². The van der Waals surface area contributed by atoms with Crippen LogP contribution in [0.2, 0.25) is 0 Å². The van der Waals surface area contributed by atoms with Gasteiger partial charge in [-0.3, -0.25) is 24.3 Å². The Morgan fingerprint density at radius 1 is 1.13 bits per heavy atom. The van der Waals surface area contributed by atoms with E-state index in [2.05, 4.69) is 0 Å². The predicted molar refractivity (Wildman–Crippen MR) is 116 cm³/mol. The highest BCUT2D eigenvalue weighted by molar-refractivity contribution is 6.24. The van der Waals surface area contributed by atoms with E-state index in [1.165, 1.54) is 4.90 Å². The van der Waals surface area contributed by atoms with Gasteiger partial charge >= 0.3 is 0 Å². The van der Waals surface area contributed by atoms with Gasteiger partial charge in [-0.15, -0.1) is 0 Å². The lowest BCUT2D eigenvalue weighted by Gasteiger charge is -2.32. The van der Waals surface area contributed by atoms with Gasteiger partial charge < -0.3 is 5.11 Å². The lowest BCUT2D eigenvalue weighted by Crippen LogP contribution is -2.33. The quantitative estimate of drug-likeness (QED) is 0.425. The maximum atomic E-state index is 12.8. The molecule has 0 saturated heterocycles. The van der Waals surface area contributed by atoms with Crippen molar-refractivity contribution in [3.05, 3.63) is 46.7 Å². The highest BCUT2D eigenvalue weighted by Gasteiger charge is 2.37. The van der Waals surface area contributed by atoms with E-state index in [9.17, 15) is 19.5 Å². The van der Waals surface area contributed by atoms with Crippen LogP contribution < -0.4 is 0 Å². The van der Waals surface area contributed by atoms with Crippen LogP contribution in [0.15, 0.2) is 40.6 Å². The Labute approximate surface area is 177 Å². The summed E-state index contributed by atoms with van der Waals surface area (Å²) in [6, 6.07) is 6.84. The summed E-state index contributed by atoms with van der Waals surface area (Å²) in [5.74, 6) is -0.699. The molecule has 30 heavy (non-hydrogen) atoms. The van der Waals surface area contributed by atoms with Gasteiger partial charge in [0.05, 0.1) is 16.7 Å². The Bertz CT molecular complexity index is 907. The van der Waals surface area contributed by atoms with Gasteiger partial charge in [0.15, 0.2) is 5.78 Å². The van der Waals surface area contributed by atoms with Gasteiger partial charge in [0.25, 0.3) is 11.8 Å². The van der Waals surface area contributed by atoms with E-state index >= 15 is 0 Å². The Hall–Kier alpha value is -2.76. The van der Waals surface area contributed by atoms with Crippen molar-refractivity contribution in [2.75, 3.05) is 6.54 Å². The maximum absolute atomic E-state index is 12.8. The molecular weight excluding hydrogens is 380 g/mol. The van der Waals surface area contributed by atoms with Crippen LogP contribution in [0, 0.1) is 5.41 Å². The van der Waals surface area contributed by atoms with E-state index in [4.69, 9.17) is 4.99 Å². The number of carbonyl (C=O) groups is 3. The number of nitrogens with zero attached hydrogens (tertiary/aromatic N) is 2. The number of aliphatic imine (C=N–C) groups is 1. The highest BCUT2D eigenvalue weighted by Crippen LogP contribution is 2.36. The number of carbonyl (C=O) groups excluding carboxylic acids is 3. The van der Waals surface area contributed by atoms with Crippen molar-refractivity contribution in [1.29, 1.82) is 0 Å². The van der Waals surface area contributed by atoms with Crippen molar-refractivity contribution in [3.8, 4) is 0 Å². The second-order valence-corrected chi connectivity index (χ2v) is 9.01. The number of benzene rings is 1. The fourth-order valence-electron chi connectivity index (χ4n) is 4.05. The molecule has 1 aliphatic heterocycles. The zero-order chi connectivity index (χ0) is 22.1. The van der Waals surface area contributed by atoms with Crippen molar-refractivity contribution in [1.82, 2.24) is 4.90 Å². The minimum Gasteiger partial charge on any atom is -0.511 e. The van der Waals surface area contributed by atoms with Gasteiger partial charge in [0, 0.05) is 31.1 Å². The Morgan fingerprint density at radius 2 is 1.73 bits per heavy atom. The molecule has 1 aromatic rings. The monoisotopic (exact) mass is 410 g/mol. The van der Waals surface area contributed by atoms with E-state index < -0.39 is 0 Å². The molecule has 160 valence electrons. The molecule has 1 aliphatic carbocycles. The van der Waals surface area contributed by atoms with E-state index in [1.54, 1.807) is 24.3 Å². The first kappa shape index (κ1) is 21.9. The Morgan fingerprint density at radius 3 is 2.30 bits per heavy atom. The average Bonchev–Trinajstić information content (AvgIpc) is 2.91. The molecule has 0 spiro atoms. The van der Waals surface area contributed by atoms with E-state index in [0.29, 0.717) is 41.7 Å². The summed E-state index contributed by atoms with van der Waals surface area (Å²) in [5, 5.41) is 10.7. The lowest BCUT2D eigenvalue weighted by atomic mass is 9.73. The molecule has 3 rings (SSSR count). The number of allylic oxidation sites excluding steroid dienone is 2. The second kappa shape index (κ2) is 8.54. The average molecular weight is 411 g/mol. The molecule has 0 aromatic heterocycles. The minimum absolute atomic E-state index is 0.00848. The topological polar surface area (TPSA) is 87.0 Å². The number of fused-ring (bicyclic) bond motifs is 1. The van der Waals surface area contributed by atoms with Crippen molar-refractivity contribution in [2.24, 2.45) is 10.4 Å². The zero-order valence-electron chi connectivity index (χ0n) is 18.2. The highest BCUT2D eigenvalue weighted by atomic mass is 16.3. The van der Waals surface area contributed by atoms with Crippen LogP contribution in [0.4, 0.5) is 0 Å². The number of aliphatic hydroxyl groups excluding tert-OH is 1. The Balaban J connectivity index is 1.74. The zero-order valence-corrected chi connectivity index (χ0v) is 18.2. The van der Waals surface area contributed by atoms with Crippen LogP contribution in [-0.4, -0.2) is 45.9 Å². The summed E-state index contributed by atoms with van der Waals surface area (Å²) >= 11 is 0. The Kier molecular flexibility index (Phi) is 6.25. The van der Waals surface area contributed by atoms with Gasteiger partial charge in [-0.1, -0.05) is 32.9 Å². The van der Waals surface area contributed by atoms with E-state index in [0.717, 1.165) is 6.42 Å². The summed E-state index contributed by atoms with van der Waals surface area (Å²) in [6.45, 7) is 8.30. The molecule has 1 aromatic carbocycles. The number of Topliss-reactive ketones (excluding diaryl/α,β-unsaturated/α-hetero) is 1. The number of aliphatic hydroxyl groups is 1. The third kappa shape index (κ3) is 4.37. The first-order valence-corrected chi connectivity index (χ1v) is 10.6. The minimum atomic E-state index is -0.308. The molecule has 6 nitrogen and oxygen atoms in total. The van der Waals surface area contributed by atoms with Gasteiger partial charge in [-0.05, 0) is 43.7 Å². The van der Waals surface area contributed by atoms with Crippen molar-refractivity contribution in [3.63, 3.8) is 0 Å². The SMILES string of the molecule is CCC(C)N=C1CC(C)(C)CC(=O)/C1=C(\O)CCCN1C(=O)c2ccccc2C1=O. The molecule has 0 radical (unpaired) electrons. The second-order valence-electron chi connectivity index (χ2n) is 9.01. The summed E-state index contributed by atoms with van der Waals surface area (Å²) < 4.78 is 0. The molecule has 0 bridgehead atoms. The van der Waals surface area contributed by atoms with Crippen LogP contribution >= 0.6 is 0 Å². The molecule has 1 N–H and O–H groups in total. The lowest BCUT2D eigenvalue weighted by molar-refractivity contribution is -0.117. The third-order valence-electron chi connectivity index (χ3n) is 5.78. The molecule has 2 aliphatic rings. The standard InChI is InChI=1S/C24H30N2O4/c1-5-15(2)25-18-13-24(3,4)14-20(28)21(18)19(27)11-8-12-26-22(29)16-9-6-7-10-17(16)23(26)30/h6-7,9-10,15,27H,5,8,11-14H2,1-4H3/b21-19-,25-18?. The summed E-state index contributed by atoms with van der Waals surface area (Å²) in [7, 11) is 0.